The van der Waals surface area contributed by atoms with E-state index in [1.807, 2.05) is 0 Å². The van der Waals surface area contributed by atoms with Crippen LogP contribution in [0.15, 0.2) is 42.5 Å². The van der Waals surface area contributed by atoms with Crippen LogP contribution < -0.4 is 10.6 Å². The zero-order chi connectivity index (χ0) is 17.0. The molecule has 2 aromatic carbocycles. The zero-order valence-electron chi connectivity index (χ0n) is 12.1. The summed E-state index contributed by atoms with van der Waals surface area (Å²) in [5.74, 6) is -3.32. The summed E-state index contributed by atoms with van der Waals surface area (Å²) in [6.07, 6.45) is 0. The molecule has 0 spiro atoms. The second-order valence-electron chi connectivity index (χ2n) is 4.67. The average molecular weight is 339 g/mol. The van der Waals surface area contributed by atoms with Crippen LogP contribution in [-0.2, 0) is 4.79 Å². The molecule has 23 heavy (non-hydrogen) atoms. The van der Waals surface area contributed by atoms with E-state index in [1.54, 1.807) is 12.1 Å². The highest BCUT2D eigenvalue weighted by Gasteiger charge is 2.24. The van der Waals surface area contributed by atoms with Gasteiger partial charge in [-0.1, -0.05) is 29.8 Å². The molecule has 1 atom stereocenters. The van der Waals surface area contributed by atoms with Gasteiger partial charge in [0.05, 0.1) is 10.6 Å². The van der Waals surface area contributed by atoms with Gasteiger partial charge < -0.3 is 10.6 Å². The molecule has 0 radical (unpaired) electrons. The highest BCUT2D eigenvalue weighted by atomic mass is 35.5. The molecule has 120 valence electrons. The van der Waals surface area contributed by atoms with Crippen LogP contribution in [-0.4, -0.2) is 18.9 Å². The fourth-order valence-corrected chi connectivity index (χ4v) is 2.21. The van der Waals surface area contributed by atoms with Gasteiger partial charge in [-0.15, -0.1) is 0 Å². The van der Waals surface area contributed by atoms with Gasteiger partial charge in [0, 0.05) is 7.05 Å². The predicted octanol–water partition coefficient (Wildman–Crippen LogP) is 2.84. The number of likely N-dealkylation sites (N-methyl/N-ethyl adjacent to an activating group) is 1. The maximum atomic E-state index is 13.4. The number of halogens is 3. The lowest BCUT2D eigenvalue weighted by atomic mass is 10.0. The Balaban J connectivity index is 2.33. The third kappa shape index (κ3) is 3.84. The molecular weight excluding hydrogens is 326 g/mol. The summed E-state index contributed by atoms with van der Waals surface area (Å²) in [7, 11) is 1.37. The Labute approximate surface area is 136 Å². The van der Waals surface area contributed by atoms with Crippen molar-refractivity contribution in [3.63, 3.8) is 0 Å². The van der Waals surface area contributed by atoms with E-state index in [1.165, 1.54) is 25.2 Å². The number of rotatable bonds is 4. The molecule has 0 bridgehead atoms. The molecule has 0 saturated carbocycles. The van der Waals surface area contributed by atoms with Crippen LogP contribution >= 0.6 is 11.6 Å². The van der Waals surface area contributed by atoms with Crippen LogP contribution in [0.3, 0.4) is 0 Å². The van der Waals surface area contributed by atoms with Gasteiger partial charge in [0.25, 0.3) is 5.91 Å². The monoisotopic (exact) mass is 338 g/mol. The smallest absolute Gasteiger partial charge is 0.253 e. The number of carbonyl (C=O) groups is 2. The molecule has 7 heteroatoms. The lowest BCUT2D eigenvalue weighted by Crippen LogP contribution is -2.39. The highest BCUT2D eigenvalue weighted by Crippen LogP contribution is 2.20. The van der Waals surface area contributed by atoms with E-state index in [9.17, 15) is 18.4 Å². The summed E-state index contributed by atoms with van der Waals surface area (Å²) in [5, 5.41) is 5.04. The van der Waals surface area contributed by atoms with Crippen molar-refractivity contribution in [3.05, 3.63) is 70.2 Å². The molecule has 2 aromatic rings. The van der Waals surface area contributed by atoms with Crippen LogP contribution in [0.4, 0.5) is 8.78 Å². The third-order valence-electron chi connectivity index (χ3n) is 3.18. The van der Waals surface area contributed by atoms with Crippen LogP contribution in [0.5, 0.6) is 0 Å². The normalized spacial score (nSPS) is 11.7. The SMILES string of the molecule is CNC(=O)[C@H](NC(=O)c1ccccc1Cl)c1ccc(F)c(F)c1. The first-order chi connectivity index (χ1) is 10.9. The molecule has 0 aliphatic heterocycles. The molecular formula is C16H13ClF2N2O2. The standard InChI is InChI=1S/C16H13ClF2N2O2/c1-20-16(23)14(9-6-7-12(18)13(19)8-9)21-15(22)10-4-2-3-5-11(10)17/h2-8,14H,1H3,(H,20,23)(H,21,22)/t14-/m1/s1. The van der Waals surface area contributed by atoms with Gasteiger partial charge in [-0.05, 0) is 29.8 Å². The molecule has 0 aromatic heterocycles. The number of hydrogen-bond donors (Lipinski definition) is 2. The molecule has 4 nitrogen and oxygen atoms in total. The topological polar surface area (TPSA) is 58.2 Å². The molecule has 0 saturated heterocycles. The molecule has 2 amide bonds. The molecule has 0 fully saturated rings. The minimum Gasteiger partial charge on any atom is -0.357 e. The van der Waals surface area contributed by atoms with Crippen LogP contribution in [0, 0.1) is 11.6 Å². The van der Waals surface area contributed by atoms with Crippen molar-refractivity contribution in [2.24, 2.45) is 0 Å². The zero-order valence-corrected chi connectivity index (χ0v) is 12.8. The van der Waals surface area contributed by atoms with Crippen molar-refractivity contribution in [2.75, 3.05) is 7.05 Å². The quantitative estimate of drug-likeness (QED) is 0.900. The number of carbonyl (C=O) groups excluding carboxylic acids is 2. The summed E-state index contributed by atoms with van der Waals surface area (Å²) in [5.41, 5.74) is 0.286. The predicted molar refractivity (Wildman–Crippen MR) is 82.1 cm³/mol. The number of nitrogens with one attached hydrogen (secondary N) is 2. The van der Waals surface area contributed by atoms with Crippen molar-refractivity contribution in [3.8, 4) is 0 Å². The number of hydrogen-bond acceptors (Lipinski definition) is 2. The summed E-state index contributed by atoms with van der Waals surface area (Å²) < 4.78 is 26.4. The Hall–Kier alpha value is -2.47. The molecule has 2 N–H and O–H groups in total. The largest absolute Gasteiger partial charge is 0.357 e. The van der Waals surface area contributed by atoms with E-state index in [0.717, 1.165) is 12.1 Å². The second kappa shape index (κ2) is 7.19. The van der Waals surface area contributed by atoms with E-state index >= 15 is 0 Å². The minimum absolute atomic E-state index is 0.114. The lowest BCUT2D eigenvalue weighted by Gasteiger charge is -2.18. The highest BCUT2D eigenvalue weighted by molar-refractivity contribution is 6.33. The summed E-state index contributed by atoms with van der Waals surface area (Å²) in [6.45, 7) is 0. The lowest BCUT2D eigenvalue weighted by molar-refractivity contribution is -0.122. The van der Waals surface area contributed by atoms with E-state index < -0.39 is 29.5 Å². The Morgan fingerprint density at radius 1 is 1.09 bits per heavy atom. The Bertz CT molecular complexity index is 753. The first-order valence-electron chi connectivity index (χ1n) is 6.66. The molecule has 0 heterocycles. The first kappa shape index (κ1) is 16.9. The number of benzene rings is 2. The van der Waals surface area contributed by atoms with Crippen molar-refractivity contribution >= 4 is 23.4 Å². The van der Waals surface area contributed by atoms with E-state index in [0.29, 0.717) is 0 Å². The third-order valence-corrected chi connectivity index (χ3v) is 3.51. The van der Waals surface area contributed by atoms with Crippen molar-refractivity contribution in [1.29, 1.82) is 0 Å². The Morgan fingerprint density at radius 3 is 2.39 bits per heavy atom. The Morgan fingerprint density at radius 2 is 1.78 bits per heavy atom. The molecule has 0 unspecified atom stereocenters. The number of amides is 2. The summed E-state index contributed by atoms with van der Waals surface area (Å²) >= 11 is 5.94. The van der Waals surface area contributed by atoms with E-state index in [2.05, 4.69) is 10.6 Å². The first-order valence-corrected chi connectivity index (χ1v) is 7.03. The summed E-state index contributed by atoms with van der Waals surface area (Å²) in [4.78, 5) is 24.3. The fraction of sp³-hybridized carbons (Fsp3) is 0.125. The maximum absolute atomic E-state index is 13.4. The van der Waals surface area contributed by atoms with Gasteiger partial charge >= 0.3 is 0 Å². The van der Waals surface area contributed by atoms with Crippen LogP contribution in [0.2, 0.25) is 5.02 Å². The van der Waals surface area contributed by atoms with Gasteiger partial charge in [0.15, 0.2) is 11.6 Å². The van der Waals surface area contributed by atoms with Crippen LogP contribution in [0.25, 0.3) is 0 Å². The minimum atomic E-state index is -1.18. The van der Waals surface area contributed by atoms with Gasteiger partial charge in [-0.25, -0.2) is 8.78 Å². The van der Waals surface area contributed by atoms with Gasteiger partial charge in [-0.2, -0.15) is 0 Å². The van der Waals surface area contributed by atoms with Gasteiger partial charge in [0.1, 0.15) is 6.04 Å². The van der Waals surface area contributed by atoms with E-state index in [-0.39, 0.29) is 16.1 Å². The van der Waals surface area contributed by atoms with Gasteiger partial charge in [-0.3, -0.25) is 9.59 Å². The molecule has 2 rings (SSSR count). The van der Waals surface area contributed by atoms with Crippen molar-refractivity contribution in [1.82, 2.24) is 10.6 Å². The fourth-order valence-electron chi connectivity index (χ4n) is 1.99. The van der Waals surface area contributed by atoms with Crippen LogP contribution in [0.1, 0.15) is 22.0 Å². The molecule has 0 aliphatic carbocycles. The van der Waals surface area contributed by atoms with E-state index in [4.69, 9.17) is 11.6 Å². The average Bonchev–Trinajstić information content (AvgIpc) is 2.54. The molecule has 0 aliphatic rings. The van der Waals surface area contributed by atoms with Crippen molar-refractivity contribution < 1.29 is 18.4 Å². The maximum Gasteiger partial charge on any atom is 0.253 e. The van der Waals surface area contributed by atoms with Crippen molar-refractivity contribution in [2.45, 2.75) is 6.04 Å². The summed E-state index contributed by atoms with van der Waals surface area (Å²) in [6, 6.07) is 8.10. The Kier molecular flexibility index (Phi) is 5.28. The van der Waals surface area contributed by atoms with Gasteiger partial charge in [0.2, 0.25) is 5.91 Å². The second-order valence-corrected chi connectivity index (χ2v) is 5.08.